The SMILES string of the molecule is CCCCCCCCCCCCCCCCOC(=O)CCCSC[C@H](NC(=O)OC(C)(C)C)C(=O)C[C@@H](COC(C)(C)C)C(=O)O. The summed E-state index contributed by atoms with van der Waals surface area (Å²) in [4.78, 5) is 49.4. The number of ketones is 1. The molecule has 0 saturated heterocycles. The number of alkyl carbamates (subject to hydrolysis) is 1. The highest BCUT2D eigenvalue weighted by Gasteiger charge is 2.30. The lowest BCUT2D eigenvalue weighted by Gasteiger charge is -2.25. The molecule has 270 valence electrons. The molecule has 0 rings (SSSR count). The molecule has 10 heteroatoms. The van der Waals surface area contributed by atoms with Gasteiger partial charge in [-0.25, -0.2) is 4.79 Å². The van der Waals surface area contributed by atoms with Crippen molar-refractivity contribution < 1.29 is 38.5 Å². The number of amides is 1. The first-order valence-corrected chi connectivity index (χ1v) is 18.9. The van der Waals surface area contributed by atoms with Crippen LogP contribution >= 0.6 is 11.8 Å². The molecule has 0 fully saturated rings. The van der Waals surface area contributed by atoms with Crippen LogP contribution in [0.5, 0.6) is 0 Å². The van der Waals surface area contributed by atoms with Gasteiger partial charge in [0, 0.05) is 18.6 Å². The number of carbonyl (C=O) groups is 4. The predicted molar refractivity (Wildman–Crippen MR) is 187 cm³/mol. The van der Waals surface area contributed by atoms with Crippen molar-refractivity contribution in [3.63, 3.8) is 0 Å². The van der Waals surface area contributed by atoms with E-state index in [2.05, 4.69) is 12.2 Å². The molecule has 0 aromatic carbocycles. The Morgan fingerprint density at radius 2 is 1.26 bits per heavy atom. The van der Waals surface area contributed by atoms with E-state index >= 15 is 0 Å². The molecule has 0 unspecified atom stereocenters. The van der Waals surface area contributed by atoms with Crippen LogP contribution in [0.4, 0.5) is 4.79 Å². The molecule has 0 heterocycles. The van der Waals surface area contributed by atoms with Crippen LogP contribution in [-0.2, 0) is 28.6 Å². The second kappa shape index (κ2) is 26.2. The Kier molecular flexibility index (Phi) is 25.1. The van der Waals surface area contributed by atoms with Crippen molar-refractivity contribution in [2.24, 2.45) is 5.92 Å². The van der Waals surface area contributed by atoms with Gasteiger partial charge in [-0.05, 0) is 60.1 Å². The van der Waals surface area contributed by atoms with Crippen LogP contribution in [0.1, 0.15) is 158 Å². The van der Waals surface area contributed by atoms with E-state index in [0.717, 1.165) is 12.8 Å². The van der Waals surface area contributed by atoms with E-state index in [-0.39, 0.29) is 31.2 Å². The Morgan fingerprint density at radius 3 is 1.74 bits per heavy atom. The third kappa shape index (κ3) is 28.4. The number of unbranched alkanes of at least 4 members (excludes halogenated alkanes) is 13. The highest BCUT2D eigenvalue weighted by molar-refractivity contribution is 7.99. The summed E-state index contributed by atoms with van der Waals surface area (Å²) in [6.45, 7) is 13.2. The van der Waals surface area contributed by atoms with Crippen LogP contribution in [0, 0.1) is 5.92 Å². The topological polar surface area (TPSA) is 128 Å². The summed E-state index contributed by atoms with van der Waals surface area (Å²) >= 11 is 1.42. The molecule has 0 radical (unpaired) electrons. The summed E-state index contributed by atoms with van der Waals surface area (Å²) in [5, 5.41) is 12.2. The standard InChI is InChI=1S/C36H67NO8S/c1-8-9-10-11-12-13-14-15-16-17-18-19-20-21-24-43-32(39)23-22-25-46-28-30(37-34(42)45-36(5,6)7)31(38)26-29(33(40)41)27-44-35(2,3)4/h29-30H,8-28H2,1-7H3,(H,37,42)(H,40,41)/t29-,30-/m0/s1. The number of hydrogen-bond donors (Lipinski definition) is 2. The molecule has 2 atom stereocenters. The molecule has 0 aromatic rings. The maximum Gasteiger partial charge on any atom is 0.408 e. The monoisotopic (exact) mass is 673 g/mol. The lowest BCUT2D eigenvalue weighted by atomic mass is 9.99. The fourth-order valence-electron chi connectivity index (χ4n) is 4.69. The molecule has 0 bridgehead atoms. The van der Waals surface area contributed by atoms with Crippen LogP contribution in [0.2, 0.25) is 0 Å². The number of Topliss-reactive ketones (excluding diaryl/α,β-unsaturated/α-hetero) is 1. The number of carbonyl (C=O) groups excluding carboxylic acids is 3. The van der Waals surface area contributed by atoms with E-state index in [1.165, 1.54) is 88.8 Å². The lowest BCUT2D eigenvalue weighted by molar-refractivity contribution is -0.148. The molecular weight excluding hydrogens is 606 g/mol. The summed E-state index contributed by atoms with van der Waals surface area (Å²) in [5.41, 5.74) is -1.30. The first-order chi connectivity index (χ1) is 21.6. The summed E-state index contributed by atoms with van der Waals surface area (Å²) in [5.74, 6) is -1.97. The second-order valence-electron chi connectivity index (χ2n) is 14.3. The maximum absolute atomic E-state index is 13.1. The zero-order chi connectivity index (χ0) is 34.8. The summed E-state index contributed by atoms with van der Waals surface area (Å²) < 4.78 is 16.3. The third-order valence-corrected chi connectivity index (χ3v) is 8.46. The largest absolute Gasteiger partial charge is 0.481 e. The minimum Gasteiger partial charge on any atom is -0.481 e. The average Bonchev–Trinajstić information content (AvgIpc) is 2.94. The molecule has 9 nitrogen and oxygen atoms in total. The molecule has 0 saturated carbocycles. The molecule has 0 spiro atoms. The van der Waals surface area contributed by atoms with E-state index in [1.54, 1.807) is 20.8 Å². The number of carboxylic acids is 1. The first kappa shape index (κ1) is 44.2. The minimum atomic E-state index is -1.13. The fourth-order valence-corrected chi connectivity index (χ4v) is 5.71. The van der Waals surface area contributed by atoms with Crippen molar-refractivity contribution in [1.82, 2.24) is 5.32 Å². The Labute approximate surface area is 284 Å². The summed E-state index contributed by atoms with van der Waals surface area (Å²) in [6, 6.07) is -0.927. The second-order valence-corrected chi connectivity index (χ2v) is 15.5. The number of rotatable bonds is 28. The van der Waals surface area contributed by atoms with E-state index in [9.17, 15) is 24.3 Å². The van der Waals surface area contributed by atoms with E-state index < -0.39 is 41.0 Å². The third-order valence-electron chi connectivity index (χ3n) is 7.31. The molecular formula is C36H67NO8S. The average molecular weight is 674 g/mol. The maximum atomic E-state index is 13.1. The fraction of sp³-hybridized carbons (Fsp3) is 0.889. The van der Waals surface area contributed by atoms with Crippen molar-refractivity contribution in [2.45, 2.75) is 175 Å². The number of ether oxygens (including phenoxy) is 3. The molecule has 0 aromatic heterocycles. The van der Waals surface area contributed by atoms with Crippen LogP contribution in [0.3, 0.4) is 0 Å². The van der Waals surface area contributed by atoms with Gasteiger partial charge >= 0.3 is 18.0 Å². The Balaban J connectivity index is 4.28. The van der Waals surface area contributed by atoms with Gasteiger partial charge in [-0.2, -0.15) is 11.8 Å². The Morgan fingerprint density at radius 1 is 0.739 bits per heavy atom. The van der Waals surface area contributed by atoms with Crippen LogP contribution in [0.25, 0.3) is 0 Å². The van der Waals surface area contributed by atoms with Gasteiger partial charge in [-0.3, -0.25) is 14.4 Å². The van der Waals surface area contributed by atoms with Crippen LogP contribution < -0.4 is 5.32 Å². The van der Waals surface area contributed by atoms with Gasteiger partial charge in [-0.15, -0.1) is 0 Å². The van der Waals surface area contributed by atoms with Gasteiger partial charge < -0.3 is 24.6 Å². The minimum absolute atomic E-state index is 0.113. The van der Waals surface area contributed by atoms with Gasteiger partial charge in [0.25, 0.3) is 0 Å². The summed E-state index contributed by atoms with van der Waals surface area (Å²) in [6.07, 6.45) is 17.8. The van der Waals surface area contributed by atoms with Crippen molar-refractivity contribution in [1.29, 1.82) is 0 Å². The number of hydrogen-bond acceptors (Lipinski definition) is 8. The molecule has 1 amide bonds. The zero-order valence-corrected chi connectivity index (χ0v) is 31.0. The molecule has 2 N–H and O–H groups in total. The molecule has 0 aliphatic heterocycles. The van der Waals surface area contributed by atoms with Crippen molar-refractivity contribution in [3.05, 3.63) is 0 Å². The first-order valence-electron chi connectivity index (χ1n) is 17.8. The highest BCUT2D eigenvalue weighted by atomic mass is 32.2. The predicted octanol–water partition coefficient (Wildman–Crippen LogP) is 8.89. The lowest BCUT2D eigenvalue weighted by Crippen LogP contribution is -2.46. The highest BCUT2D eigenvalue weighted by Crippen LogP contribution is 2.17. The molecule has 46 heavy (non-hydrogen) atoms. The van der Waals surface area contributed by atoms with Gasteiger partial charge in [0.2, 0.25) is 0 Å². The smallest absolute Gasteiger partial charge is 0.408 e. The van der Waals surface area contributed by atoms with E-state index in [4.69, 9.17) is 14.2 Å². The van der Waals surface area contributed by atoms with Crippen LogP contribution in [0.15, 0.2) is 0 Å². The normalized spacial score (nSPS) is 13.2. The molecule has 0 aliphatic rings. The number of nitrogens with one attached hydrogen (secondary N) is 1. The van der Waals surface area contributed by atoms with Gasteiger partial charge in [0.1, 0.15) is 5.60 Å². The zero-order valence-electron chi connectivity index (χ0n) is 30.2. The number of aliphatic carboxylic acids is 1. The Bertz CT molecular complexity index is 837. The number of thioether (sulfide) groups is 1. The van der Waals surface area contributed by atoms with Crippen molar-refractivity contribution in [2.75, 3.05) is 24.7 Å². The van der Waals surface area contributed by atoms with E-state index in [0.29, 0.717) is 18.8 Å². The van der Waals surface area contributed by atoms with E-state index in [1.807, 2.05) is 20.8 Å². The Hall–Kier alpha value is -1.81. The van der Waals surface area contributed by atoms with Gasteiger partial charge in [-0.1, -0.05) is 90.4 Å². The number of esters is 1. The van der Waals surface area contributed by atoms with Gasteiger partial charge in [0.15, 0.2) is 5.78 Å². The quantitative estimate of drug-likeness (QED) is 0.0618. The summed E-state index contributed by atoms with van der Waals surface area (Å²) in [7, 11) is 0. The van der Waals surface area contributed by atoms with Crippen molar-refractivity contribution >= 4 is 35.6 Å². The van der Waals surface area contributed by atoms with Crippen LogP contribution in [-0.4, -0.2) is 70.9 Å². The van der Waals surface area contributed by atoms with Crippen molar-refractivity contribution in [3.8, 4) is 0 Å². The number of carboxylic acid groups (broad SMARTS) is 1. The van der Waals surface area contributed by atoms with Gasteiger partial charge in [0.05, 0.1) is 30.8 Å². The molecule has 0 aliphatic carbocycles.